The Kier molecular flexibility index (Phi) is 3.43. The van der Waals surface area contributed by atoms with E-state index in [1.54, 1.807) is 6.07 Å². The molecule has 0 saturated heterocycles. The van der Waals surface area contributed by atoms with Gasteiger partial charge in [-0.25, -0.2) is 8.42 Å². The highest BCUT2D eigenvalue weighted by Crippen LogP contribution is 2.42. The van der Waals surface area contributed by atoms with Gasteiger partial charge in [0.2, 0.25) is 5.91 Å². The second-order valence-corrected chi connectivity index (χ2v) is 8.08. The number of hydrogen-bond donors (Lipinski definition) is 2. The summed E-state index contributed by atoms with van der Waals surface area (Å²) in [5.74, 6) is -0.0513. The molecular weight excluding hydrogens is 288 g/mol. The molecule has 1 amide bonds. The number of fused-ring (bicyclic) bond motifs is 1. The molecule has 114 valence electrons. The van der Waals surface area contributed by atoms with Gasteiger partial charge in [0.25, 0.3) is 0 Å². The molecule has 2 aliphatic rings. The van der Waals surface area contributed by atoms with Crippen LogP contribution in [0.4, 0.5) is 11.4 Å². The lowest BCUT2D eigenvalue weighted by atomic mass is 9.73. The Bertz CT molecular complexity index is 676. The fraction of sp³-hybridized carbons (Fsp3) is 0.533. The third-order valence-electron chi connectivity index (χ3n) is 4.57. The second-order valence-electron chi connectivity index (χ2n) is 6.10. The molecule has 0 aromatic heterocycles. The molecule has 21 heavy (non-hydrogen) atoms. The molecule has 0 bridgehead atoms. The van der Waals surface area contributed by atoms with E-state index < -0.39 is 15.3 Å². The van der Waals surface area contributed by atoms with Crippen molar-refractivity contribution in [2.75, 3.05) is 23.4 Å². The predicted molar refractivity (Wildman–Crippen MR) is 82.2 cm³/mol. The van der Waals surface area contributed by atoms with Crippen LogP contribution in [0.15, 0.2) is 23.1 Å². The number of hydrogen-bond acceptors (Lipinski definition) is 4. The first-order valence-electron chi connectivity index (χ1n) is 7.31. The third-order valence-corrected chi connectivity index (χ3v) is 5.71. The van der Waals surface area contributed by atoms with Gasteiger partial charge >= 0.3 is 0 Å². The van der Waals surface area contributed by atoms with Gasteiger partial charge in [0.15, 0.2) is 9.84 Å². The smallest absolute Gasteiger partial charge is 0.232 e. The van der Waals surface area contributed by atoms with E-state index in [4.69, 9.17) is 0 Å². The SMILES string of the molecule is CS(=O)(=O)c1cccc2c1NC(=O)C1(CCCCC1)CN2. The number of nitrogens with one attached hydrogen (secondary N) is 2. The van der Waals surface area contributed by atoms with E-state index in [2.05, 4.69) is 10.6 Å². The molecule has 5 nitrogen and oxygen atoms in total. The summed E-state index contributed by atoms with van der Waals surface area (Å²) in [7, 11) is -3.38. The Morgan fingerprint density at radius 2 is 1.86 bits per heavy atom. The highest BCUT2D eigenvalue weighted by Gasteiger charge is 2.41. The minimum Gasteiger partial charge on any atom is -0.382 e. The highest BCUT2D eigenvalue weighted by molar-refractivity contribution is 7.90. The molecule has 1 aliphatic carbocycles. The van der Waals surface area contributed by atoms with Crippen molar-refractivity contribution < 1.29 is 13.2 Å². The number of amides is 1. The van der Waals surface area contributed by atoms with Gasteiger partial charge < -0.3 is 10.6 Å². The van der Waals surface area contributed by atoms with E-state index in [0.717, 1.165) is 38.4 Å². The monoisotopic (exact) mass is 308 g/mol. The summed E-state index contributed by atoms with van der Waals surface area (Å²) < 4.78 is 23.8. The summed E-state index contributed by atoms with van der Waals surface area (Å²) in [6.07, 6.45) is 6.13. The predicted octanol–water partition coefficient (Wildman–Crippen LogP) is 2.40. The summed E-state index contributed by atoms with van der Waals surface area (Å²) in [6, 6.07) is 5.05. The molecule has 0 radical (unpaired) electrons. The lowest BCUT2D eigenvalue weighted by Gasteiger charge is -2.34. The van der Waals surface area contributed by atoms with Crippen LogP contribution in [-0.4, -0.2) is 27.1 Å². The maximum atomic E-state index is 12.7. The van der Waals surface area contributed by atoms with Gasteiger partial charge in [0.1, 0.15) is 0 Å². The fourth-order valence-corrected chi connectivity index (χ4v) is 4.20. The summed E-state index contributed by atoms with van der Waals surface area (Å²) in [5, 5.41) is 6.16. The Labute approximate surface area is 125 Å². The second kappa shape index (κ2) is 5.02. The summed E-state index contributed by atoms with van der Waals surface area (Å²) in [6.45, 7) is 0.569. The van der Waals surface area contributed by atoms with Crippen LogP contribution in [0.2, 0.25) is 0 Å². The normalized spacial score (nSPS) is 21.1. The van der Waals surface area contributed by atoms with Crippen molar-refractivity contribution in [3.05, 3.63) is 18.2 Å². The summed E-state index contributed by atoms with van der Waals surface area (Å²) >= 11 is 0. The zero-order chi connectivity index (χ0) is 15.1. The number of benzene rings is 1. The van der Waals surface area contributed by atoms with Crippen molar-refractivity contribution in [3.63, 3.8) is 0 Å². The average molecular weight is 308 g/mol. The first-order chi connectivity index (χ1) is 9.92. The Hall–Kier alpha value is -1.56. The van der Waals surface area contributed by atoms with Crippen LogP contribution in [-0.2, 0) is 14.6 Å². The summed E-state index contributed by atoms with van der Waals surface area (Å²) in [5.41, 5.74) is 0.674. The largest absolute Gasteiger partial charge is 0.382 e. The van der Waals surface area contributed by atoms with Gasteiger partial charge in [-0.1, -0.05) is 25.3 Å². The van der Waals surface area contributed by atoms with Crippen LogP contribution in [0.5, 0.6) is 0 Å². The topological polar surface area (TPSA) is 75.3 Å². The standard InChI is InChI=1S/C15H20N2O3S/c1-21(19,20)12-7-5-6-11-13(12)17-14(18)15(10-16-11)8-3-2-4-9-15/h5-7,16H,2-4,8-10H2,1H3,(H,17,18). The van der Waals surface area contributed by atoms with Crippen molar-refractivity contribution in [2.45, 2.75) is 37.0 Å². The molecule has 1 fully saturated rings. The molecule has 1 aromatic rings. The van der Waals surface area contributed by atoms with E-state index in [9.17, 15) is 13.2 Å². The van der Waals surface area contributed by atoms with Crippen molar-refractivity contribution in [3.8, 4) is 0 Å². The lowest BCUT2D eigenvalue weighted by molar-refractivity contribution is -0.126. The van der Waals surface area contributed by atoms with Gasteiger partial charge in [-0.15, -0.1) is 0 Å². The van der Waals surface area contributed by atoms with Crippen molar-refractivity contribution in [1.82, 2.24) is 0 Å². The molecular formula is C15H20N2O3S. The van der Waals surface area contributed by atoms with Gasteiger partial charge in [0, 0.05) is 12.8 Å². The molecule has 6 heteroatoms. The molecule has 1 spiro atoms. The van der Waals surface area contributed by atoms with Crippen LogP contribution in [0.3, 0.4) is 0 Å². The highest BCUT2D eigenvalue weighted by atomic mass is 32.2. The Morgan fingerprint density at radius 1 is 1.14 bits per heavy atom. The number of sulfone groups is 1. The van der Waals surface area contributed by atoms with Crippen molar-refractivity contribution in [1.29, 1.82) is 0 Å². The van der Waals surface area contributed by atoms with E-state index in [1.807, 2.05) is 6.07 Å². The molecule has 1 aliphatic heterocycles. The minimum absolute atomic E-state index is 0.0513. The molecule has 1 heterocycles. The number of rotatable bonds is 1. The van der Waals surface area contributed by atoms with Gasteiger partial charge in [0.05, 0.1) is 21.7 Å². The first kappa shape index (κ1) is 14.4. The van der Waals surface area contributed by atoms with E-state index in [-0.39, 0.29) is 10.8 Å². The van der Waals surface area contributed by atoms with Crippen LogP contribution >= 0.6 is 0 Å². The molecule has 3 rings (SSSR count). The average Bonchev–Trinajstić information content (AvgIpc) is 2.57. The van der Waals surface area contributed by atoms with E-state index in [1.165, 1.54) is 6.07 Å². The van der Waals surface area contributed by atoms with Crippen LogP contribution < -0.4 is 10.6 Å². The quantitative estimate of drug-likeness (QED) is 0.835. The van der Waals surface area contributed by atoms with Crippen molar-refractivity contribution in [2.24, 2.45) is 5.41 Å². The van der Waals surface area contributed by atoms with E-state index >= 15 is 0 Å². The minimum atomic E-state index is -3.38. The van der Waals surface area contributed by atoms with Crippen molar-refractivity contribution >= 4 is 27.1 Å². The Morgan fingerprint density at radius 3 is 2.52 bits per heavy atom. The number of carbonyl (C=O) groups excluding carboxylic acids is 1. The zero-order valence-electron chi connectivity index (χ0n) is 12.1. The van der Waals surface area contributed by atoms with Gasteiger partial charge in [-0.05, 0) is 25.0 Å². The van der Waals surface area contributed by atoms with Crippen LogP contribution in [0.1, 0.15) is 32.1 Å². The van der Waals surface area contributed by atoms with Crippen LogP contribution in [0, 0.1) is 5.41 Å². The van der Waals surface area contributed by atoms with Gasteiger partial charge in [-0.2, -0.15) is 0 Å². The third kappa shape index (κ3) is 2.52. The summed E-state index contributed by atoms with van der Waals surface area (Å²) in [4.78, 5) is 12.9. The molecule has 1 saturated carbocycles. The lowest BCUT2D eigenvalue weighted by Crippen LogP contribution is -2.41. The molecule has 1 aromatic carbocycles. The zero-order valence-corrected chi connectivity index (χ0v) is 12.9. The fourth-order valence-electron chi connectivity index (χ4n) is 3.34. The maximum Gasteiger partial charge on any atom is 0.232 e. The number of carbonyl (C=O) groups is 1. The first-order valence-corrected chi connectivity index (χ1v) is 9.20. The number of anilines is 2. The Balaban J connectivity index is 2.03. The molecule has 0 atom stereocenters. The maximum absolute atomic E-state index is 12.7. The molecule has 2 N–H and O–H groups in total. The van der Waals surface area contributed by atoms with Crippen LogP contribution in [0.25, 0.3) is 0 Å². The number of para-hydroxylation sites is 1. The molecule has 0 unspecified atom stereocenters. The van der Waals surface area contributed by atoms with Gasteiger partial charge in [-0.3, -0.25) is 4.79 Å². The van der Waals surface area contributed by atoms with E-state index in [0.29, 0.717) is 17.9 Å².